The zero-order valence-corrected chi connectivity index (χ0v) is 8.36. The number of methoxy groups -OCH3 is 1. The van der Waals surface area contributed by atoms with Crippen LogP contribution in [0.3, 0.4) is 0 Å². The lowest BCUT2D eigenvalue weighted by molar-refractivity contribution is -0.150. The molecular formula is C11H14O3. The van der Waals surface area contributed by atoms with E-state index in [0.29, 0.717) is 6.42 Å². The molecule has 0 aliphatic carbocycles. The molecule has 0 fully saturated rings. The van der Waals surface area contributed by atoms with Crippen molar-refractivity contribution in [1.82, 2.24) is 0 Å². The Morgan fingerprint density at radius 3 is 2.50 bits per heavy atom. The molecule has 0 aromatic heterocycles. The summed E-state index contributed by atoms with van der Waals surface area (Å²) in [6, 6.07) is 7.67. The minimum atomic E-state index is -1.07. The first-order valence-corrected chi connectivity index (χ1v) is 4.45. The molecule has 1 rings (SSSR count). The van der Waals surface area contributed by atoms with E-state index in [2.05, 4.69) is 4.74 Å². The number of ether oxygens (including phenoxy) is 1. The standard InChI is InChI=1S/C11H14O3/c1-8-3-5-9(6-4-8)7-10(12)11(13)14-2/h3-6,10,12H,7H2,1-2H3. The maximum Gasteiger partial charge on any atom is 0.335 e. The first-order valence-electron chi connectivity index (χ1n) is 4.45. The number of hydrogen-bond donors (Lipinski definition) is 1. The molecule has 0 amide bonds. The van der Waals surface area contributed by atoms with Crippen LogP contribution in [0.4, 0.5) is 0 Å². The lowest BCUT2D eigenvalue weighted by atomic mass is 10.1. The quantitative estimate of drug-likeness (QED) is 0.732. The summed E-state index contributed by atoms with van der Waals surface area (Å²) in [5.41, 5.74) is 2.08. The summed E-state index contributed by atoms with van der Waals surface area (Å²) in [4.78, 5) is 10.9. The van der Waals surface area contributed by atoms with E-state index in [-0.39, 0.29) is 0 Å². The van der Waals surface area contributed by atoms with Crippen molar-refractivity contribution in [2.24, 2.45) is 0 Å². The highest BCUT2D eigenvalue weighted by Gasteiger charge is 2.15. The van der Waals surface area contributed by atoms with Crippen molar-refractivity contribution in [3.63, 3.8) is 0 Å². The van der Waals surface area contributed by atoms with E-state index in [1.165, 1.54) is 7.11 Å². The second kappa shape index (κ2) is 4.77. The number of hydrogen-bond acceptors (Lipinski definition) is 3. The molecule has 0 spiro atoms. The molecule has 0 saturated carbocycles. The number of carbonyl (C=O) groups excluding carboxylic acids is 1. The van der Waals surface area contributed by atoms with Gasteiger partial charge in [0.15, 0.2) is 6.10 Å². The molecule has 3 heteroatoms. The minimum Gasteiger partial charge on any atom is -0.467 e. The van der Waals surface area contributed by atoms with Crippen molar-refractivity contribution in [2.45, 2.75) is 19.4 Å². The van der Waals surface area contributed by atoms with E-state index < -0.39 is 12.1 Å². The number of aryl methyl sites for hydroxylation is 1. The van der Waals surface area contributed by atoms with Crippen molar-refractivity contribution in [2.75, 3.05) is 7.11 Å². The highest BCUT2D eigenvalue weighted by molar-refractivity contribution is 5.74. The zero-order valence-electron chi connectivity index (χ0n) is 8.36. The number of aliphatic hydroxyl groups is 1. The normalized spacial score (nSPS) is 12.2. The lowest BCUT2D eigenvalue weighted by Crippen LogP contribution is -2.24. The molecule has 1 aromatic rings. The van der Waals surface area contributed by atoms with Gasteiger partial charge in [-0.05, 0) is 12.5 Å². The van der Waals surface area contributed by atoms with Crippen LogP contribution in [0.5, 0.6) is 0 Å². The van der Waals surface area contributed by atoms with Crippen LogP contribution in [0.15, 0.2) is 24.3 Å². The second-order valence-electron chi connectivity index (χ2n) is 3.23. The van der Waals surface area contributed by atoms with Crippen molar-refractivity contribution >= 4 is 5.97 Å². The first kappa shape index (κ1) is 10.7. The van der Waals surface area contributed by atoms with Gasteiger partial charge in [0.1, 0.15) is 0 Å². The van der Waals surface area contributed by atoms with Gasteiger partial charge in [-0.15, -0.1) is 0 Å². The van der Waals surface area contributed by atoms with Gasteiger partial charge in [-0.25, -0.2) is 4.79 Å². The van der Waals surface area contributed by atoms with Crippen LogP contribution in [0, 0.1) is 6.92 Å². The first-order chi connectivity index (χ1) is 6.63. The predicted molar refractivity (Wildman–Crippen MR) is 52.9 cm³/mol. The molecule has 1 N–H and O–H groups in total. The SMILES string of the molecule is COC(=O)C(O)Cc1ccc(C)cc1. The van der Waals surface area contributed by atoms with Crippen LogP contribution >= 0.6 is 0 Å². The fourth-order valence-electron chi connectivity index (χ4n) is 1.17. The highest BCUT2D eigenvalue weighted by atomic mass is 16.5. The summed E-state index contributed by atoms with van der Waals surface area (Å²) < 4.78 is 4.42. The zero-order chi connectivity index (χ0) is 10.6. The van der Waals surface area contributed by atoms with Gasteiger partial charge in [0, 0.05) is 6.42 Å². The van der Waals surface area contributed by atoms with E-state index in [9.17, 15) is 9.90 Å². The molecule has 0 heterocycles. The van der Waals surface area contributed by atoms with Crippen LogP contribution < -0.4 is 0 Å². The fourth-order valence-corrected chi connectivity index (χ4v) is 1.17. The third kappa shape index (κ3) is 2.85. The van der Waals surface area contributed by atoms with E-state index in [4.69, 9.17) is 0 Å². The third-order valence-electron chi connectivity index (χ3n) is 2.02. The Labute approximate surface area is 83.3 Å². The van der Waals surface area contributed by atoms with Crippen LogP contribution in [0.1, 0.15) is 11.1 Å². The van der Waals surface area contributed by atoms with Crippen LogP contribution in [0.2, 0.25) is 0 Å². The largest absolute Gasteiger partial charge is 0.467 e. The van der Waals surface area contributed by atoms with Crippen LogP contribution in [-0.2, 0) is 16.0 Å². The summed E-state index contributed by atoms with van der Waals surface area (Å²) in [6.45, 7) is 1.99. The molecule has 0 bridgehead atoms. The number of rotatable bonds is 3. The smallest absolute Gasteiger partial charge is 0.335 e. The number of benzene rings is 1. The van der Waals surface area contributed by atoms with Crippen LogP contribution in [-0.4, -0.2) is 24.3 Å². The van der Waals surface area contributed by atoms with Gasteiger partial charge in [0.25, 0.3) is 0 Å². The Hall–Kier alpha value is -1.35. The Morgan fingerprint density at radius 1 is 1.43 bits per heavy atom. The average Bonchev–Trinajstić information content (AvgIpc) is 2.20. The molecule has 1 unspecified atom stereocenters. The van der Waals surface area contributed by atoms with E-state index in [0.717, 1.165) is 11.1 Å². The average molecular weight is 194 g/mol. The Balaban J connectivity index is 2.60. The third-order valence-corrected chi connectivity index (χ3v) is 2.02. The Bertz CT molecular complexity index is 303. The number of carbonyl (C=O) groups is 1. The summed E-state index contributed by atoms with van der Waals surface area (Å²) >= 11 is 0. The molecular weight excluding hydrogens is 180 g/mol. The van der Waals surface area contributed by atoms with Crippen molar-refractivity contribution in [3.05, 3.63) is 35.4 Å². The summed E-state index contributed by atoms with van der Waals surface area (Å²) in [7, 11) is 1.26. The van der Waals surface area contributed by atoms with Gasteiger partial charge in [0.2, 0.25) is 0 Å². The maximum atomic E-state index is 10.9. The van der Waals surface area contributed by atoms with Crippen LogP contribution in [0.25, 0.3) is 0 Å². The molecule has 76 valence electrons. The second-order valence-corrected chi connectivity index (χ2v) is 3.23. The summed E-state index contributed by atoms with van der Waals surface area (Å²) in [6.07, 6.45) is -0.768. The molecule has 14 heavy (non-hydrogen) atoms. The Morgan fingerprint density at radius 2 is 2.00 bits per heavy atom. The van der Waals surface area contributed by atoms with E-state index in [1.54, 1.807) is 0 Å². The maximum absolute atomic E-state index is 10.9. The molecule has 0 saturated heterocycles. The van der Waals surface area contributed by atoms with Gasteiger partial charge in [-0.1, -0.05) is 29.8 Å². The van der Waals surface area contributed by atoms with Crippen molar-refractivity contribution in [3.8, 4) is 0 Å². The molecule has 3 nitrogen and oxygen atoms in total. The van der Waals surface area contributed by atoms with Crippen molar-refractivity contribution < 1.29 is 14.6 Å². The van der Waals surface area contributed by atoms with Gasteiger partial charge in [0.05, 0.1) is 7.11 Å². The van der Waals surface area contributed by atoms with Gasteiger partial charge < -0.3 is 9.84 Å². The van der Waals surface area contributed by atoms with E-state index >= 15 is 0 Å². The number of esters is 1. The fraction of sp³-hybridized carbons (Fsp3) is 0.364. The predicted octanol–water partition coefficient (Wildman–Crippen LogP) is 1.07. The van der Waals surface area contributed by atoms with Gasteiger partial charge >= 0.3 is 5.97 Å². The van der Waals surface area contributed by atoms with Gasteiger partial charge in [-0.2, -0.15) is 0 Å². The topological polar surface area (TPSA) is 46.5 Å². The highest BCUT2D eigenvalue weighted by Crippen LogP contribution is 2.06. The Kier molecular flexibility index (Phi) is 3.65. The lowest BCUT2D eigenvalue weighted by Gasteiger charge is -2.07. The number of aliphatic hydroxyl groups excluding tert-OH is 1. The van der Waals surface area contributed by atoms with Crippen molar-refractivity contribution in [1.29, 1.82) is 0 Å². The molecule has 1 aromatic carbocycles. The minimum absolute atomic E-state index is 0.299. The molecule has 0 radical (unpaired) electrons. The molecule has 0 aliphatic rings. The van der Waals surface area contributed by atoms with E-state index in [1.807, 2.05) is 31.2 Å². The monoisotopic (exact) mass is 194 g/mol. The van der Waals surface area contributed by atoms with Gasteiger partial charge in [-0.3, -0.25) is 0 Å². The summed E-state index contributed by atoms with van der Waals surface area (Å²) in [5.74, 6) is -0.592. The summed E-state index contributed by atoms with van der Waals surface area (Å²) in [5, 5.41) is 9.37. The molecule has 0 aliphatic heterocycles. The molecule has 1 atom stereocenters.